The summed E-state index contributed by atoms with van der Waals surface area (Å²) in [4.78, 5) is 40.5. The summed E-state index contributed by atoms with van der Waals surface area (Å²) in [6.07, 6.45) is 2.12. The zero-order chi connectivity index (χ0) is 22.4. The van der Waals surface area contributed by atoms with Crippen molar-refractivity contribution in [3.63, 3.8) is 0 Å². The van der Waals surface area contributed by atoms with Crippen molar-refractivity contribution in [1.82, 2.24) is 4.90 Å². The molecule has 0 unspecified atom stereocenters. The zero-order valence-electron chi connectivity index (χ0n) is 17.2. The van der Waals surface area contributed by atoms with E-state index < -0.39 is 29.7 Å². The lowest BCUT2D eigenvalue weighted by Crippen LogP contribution is -2.38. The minimum absolute atomic E-state index is 0.0812. The van der Waals surface area contributed by atoms with Gasteiger partial charge in [0.2, 0.25) is 5.91 Å². The molecule has 0 spiro atoms. The van der Waals surface area contributed by atoms with E-state index in [-0.39, 0.29) is 18.7 Å². The van der Waals surface area contributed by atoms with Crippen LogP contribution in [-0.2, 0) is 9.59 Å². The number of anilines is 2. The highest BCUT2D eigenvalue weighted by Gasteiger charge is 2.46. The highest BCUT2D eigenvalue weighted by Crippen LogP contribution is 2.27. The number of rotatable bonds is 9. The fourth-order valence-corrected chi connectivity index (χ4v) is 3.28. The van der Waals surface area contributed by atoms with Crippen LogP contribution in [0, 0.1) is 5.82 Å². The lowest BCUT2D eigenvalue weighted by atomic mass is 10.1. The molecule has 3 rings (SSSR count). The van der Waals surface area contributed by atoms with E-state index in [1.54, 1.807) is 24.3 Å². The Hall–Kier alpha value is -3.68. The number of imide groups is 1. The summed E-state index contributed by atoms with van der Waals surface area (Å²) < 4.78 is 19.1. The Balaban J connectivity index is 1.72. The van der Waals surface area contributed by atoms with E-state index in [2.05, 4.69) is 11.9 Å². The first-order valence-electron chi connectivity index (χ1n) is 9.98. The van der Waals surface area contributed by atoms with Crippen LogP contribution in [0.25, 0.3) is 0 Å². The molecule has 1 aliphatic heterocycles. The van der Waals surface area contributed by atoms with E-state index in [1.807, 2.05) is 6.92 Å². The second-order valence-electron chi connectivity index (χ2n) is 7.02. The number of halogens is 1. The van der Waals surface area contributed by atoms with Gasteiger partial charge < -0.3 is 15.0 Å². The van der Waals surface area contributed by atoms with Gasteiger partial charge in [-0.15, -0.1) is 6.58 Å². The fraction of sp³-hybridized carbons (Fsp3) is 0.261. The van der Waals surface area contributed by atoms with Crippen LogP contribution in [0.1, 0.15) is 19.8 Å². The van der Waals surface area contributed by atoms with Crippen LogP contribution in [0.3, 0.4) is 0 Å². The van der Waals surface area contributed by atoms with Crippen molar-refractivity contribution in [2.75, 3.05) is 23.4 Å². The predicted octanol–water partition coefficient (Wildman–Crippen LogP) is 3.97. The molecule has 0 aromatic heterocycles. The topological polar surface area (TPSA) is 79.0 Å². The van der Waals surface area contributed by atoms with Gasteiger partial charge in [-0.25, -0.2) is 14.1 Å². The highest BCUT2D eigenvalue weighted by molar-refractivity contribution is 6.22. The molecular weight excluding hydrogens is 401 g/mol. The second kappa shape index (κ2) is 9.88. The highest BCUT2D eigenvalue weighted by atomic mass is 19.1. The summed E-state index contributed by atoms with van der Waals surface area (Å²) in [5.74, 6) is -0.889. The number of hydrogen-bond acceptors (Lipinski definition) is 4. The van der Waals surface area contributed by atoms with Crippen LogP contribution >= 0.6 is 0 Å². The van der Waals surface area contributed by atoms with E-state index in [9.17, 15) is 18.8 Å². The third-order valence-corrected chi connectivity index (χ3v) is 4.70. The first-order chi connectivity index (χ1) is 14.9. The lowest BCUT2D eigenvalue weighted by Gasteiger charge is -2.19. The lowest BCUT2D eigenvalue weighted by molar-refractivity contribution is -0.124. The maximum atomic E-state index is 13.6. The summed E-state index contributed by atoms with van der Waals surface area (Å²) in [6.45, 7) is 6.30. The number of carbonyl (C=O) groups is 3. The molecule has 0 radical (unpaired) electrons. The molecule has 1 aliphatic rings. The summed E-state index contributed by atoms with van der Waals surface area (Å²) in [5.41, 5.74) is 0.664. The molecule has 1 heterocycles. The molecule has 2 aromatic carbocycles. The van der Waals surface area contributed by atoms with Crippen molar-refractivity contribution >= 4 is 29.2 Å². The minimum atomic E-state index is -1.01. The smallest absolute Gasteiger partial charge is 0.332 e. The molecule has 7 nitrogen and oxygen atoms in total. The molecule has 1 atom stereocenters. The third-order valence-electron chi connectivity index (χ3n) is 4.70. The average molecular weight is 425 g/mol. The number of hydrogen-bond donors (Lipinski definition) is 1. The Kier molecular flexibility index (Phi) is 7.02. The Labute approximate surface area is 180 Å². The van der Waals surface area contributed by atoms with Crippen LogP contribution in [0.2, 0.25) is 0 Å². The van der Waals surface area contributed by atoms with Gasteiger partial charge in [-0.1, -0.05) is 19.1 Å². The maximum Gasteiger partial charge on any atom is 0.332 e. The van der Waals surface area contributed by atoms with Crippen molar-refractivity contribution in [3.05, 3.63) is 67.0 Å². The van der Waals surface area contributed by atoms with Crippen LogP contribution in [-0.4, -0.2) is 41.9 Å². The Bertz CT molecular complexity index is 977. The van der Waals surface area contributed by atoms with Gasteiger partial charge >= 0.3 is 6.03 Å². The largest absolute Gasteiger partial charge is 0.494 e. The number of amides is 4. The third kappa shape index (κ3) is 5.09. The first kappa shape index (κ1) is 22.0. The molecule has 31 heavy (non-hydrogen) atoms. The molecule has 162 valence electrons. The van der Waals surface area contributed by atoms with Gasteiger partial charge in [0.05, 0.1) is 18.7 Å². The van der Waals surface area contributed by atoms with Crippen LogP contribution in [0.5, 0.6) is 5.75 Å². The van der Waals surface area contributed by atoms with Gasteiger partial charge in [-0.3, -0.25) is 9.59 Å². The molecule has 4 amide bonds. The van der Waals surface area contributed by atoms with Crippen molar-refractivity contribution in [3.8, 4) is 5.75 Å². The molecule has 8 heteroatoms. The van der Waals surface area contributed by atoms with E-state index in [1.165, 1.54) is 29.2 Å². The van der Waals surface area contributed by atoms with Gasteiger partial charge in [-0.2, -0.15) is 0 Å². The van der Waals surface area contributed by atoms with Gasteiger partial charge in [-0.05, 0) is 48.9 Å². The second-order valence-corrected chi connectivity index (χ2v) is 7.02. The number of nitrogens with zero attached hydrogens (tertiary/aromatic N) is 2. The molecular formula is C23H24FN3O4. The maximum absolute atomic E-state index is 13.6. The number of nitrogens with one attached hydrogen (secondary N) is 1. The van der Waals surface area contributed by atoms with E-state index in [0.29, 0.717) is 18.0 Å². The molecule has 2 aromatic rings. The van der Waals surface area contributed by atoms with Crippen LogP contribution < -0.4 is 15.0 Å². The standard InChI is InChI=1S/C23H24FN3O4/c1-3-12-26-20(22(29)27(23(26)30)18-7-5-6-16(24)14-18)15-21(28)25-17-8-10-19(11-9-17)31-13-4-2/h3,5-11,14,20H,1,4,12-13,15H2,2H3,(H,25,28)/t20-/m0/s1. The Morgan fingerprint density at radius 2 is 1.97 bits per heavy atom. The number of carbonyl (C=O) groups excluding carboxylic acids is 3. The molecule has 0 bridgehead atoms. The molecule has 1 saturated heterocycles. The van der Waals surface area contributed by atoms with Crippen molar-refractivity contribution < 1.29 is 23.5 Å². The number of urea groups is 1. The average Bonchev–Trinajstić information content (AvgIpc) is 2.97. The summed E-state index contributed by atoms with van der Waals surface area (Å²) in [5, 5.41) is 2.72. The number of ether oxygens (including phenoxy) is 1. The van der Waals surface area contributed by atoms with Crippen molar-refractivity contribution in [2.45, 2.75) is 25.8 Å². The van der Waals surface area contributed by atoms with E-state index in [0.717, 1.165) is 17.4 Å². The molecule has 1 N–H and O–H groups in total. The Morgan fingerprint density at radius 3 is 2.61 bits per heavy atom. The normalized spacial score (nSPS) is 15.9. The zero-order valence-corrected chi connectivity index (χ0v) is 17.2. The minimum Gasteiger partial charge on any atom is -0.494 e. The summed E-state index contributed by atoms with van der Waals surface area (Å²) in [6, 6.07) is 10.5. The number of benzene rings is 2. The molecule has 1 fully saturated rings. The van der Waals surface area contributed by atoms with Crippen LogP contribution in [0.15, 0.2) is 61.2 Å². The van der Waals surface area contributed by atoms with Gasteiger partial charge in [0.1, 0.15) is 17.6 Å². The predicted molar refractivity (Wildman–Crippen MR) is 115 cm³/mol. The van der Waals surface area contributed by atoms with Crippen molar-refractivity contribution in [2.24, 2.45) is 0 Å². The SMILES string of the molecule is C=CCN1C(=O)N(c2cccc(F)c2)C(=O)[C@@H]1CC(=O)Nc1ccc(OCCC)cc1. The van der Waals surface area contributed by atoms with E-state index >= 15 is 0 Å². The molecule has 0 saturated carbocycles. The van der Waals surface area contributed by atoms with Crippen LogP contribution in [0.4, 0.5) is 20.6 Å². The van der Waals surface area contributed by atoms with Gasteiger partial charge in [0.15, 0.2) is 0 Å². The quantitative estimate of drug-likeness (QED) is 0.487. The van der Waals surface area contributed by atoms with Gasteiger partial charge in [0, 0.05) is 12.2 Å². The first-order valence-corrected chi connectivity index (χ1v) is 9.98. The monoisotopic (exact) mass is 425 g/mol. The van der Waals surface area contributed by atoms with E-state index in [4.69, 9.17) is 4.74 Å². The summed E-state index contributed by atoms with van der Waals surface area (Å²) in [7, 11) is 0. The summed E-state index contributed by atoms with van der Waals surface area (Å²) >= 11 is 0. The fourth-order valence-electron chi connectivity index (χ4n) is 3.28. The van der Waals surface area contributed by atoms with Gasteiger partial charge in [0.25, 0.3) is 5.91 Å². The Morgan fingerprint density at radius 1 is 1.23 bits per heavy atom. The van der Waals surface area contributed by atoms with Crippen molar-refractivity contribution in [1.29, 1.82) is 0 Å². The molecule has 0 aliphatic carbocycles.